The van der Waals surface area contributed by atoms with Crippen molar-refractivity contribution in [3.8, 4) is 0 Å². The van der Waals surface area contributed by atoms with E-state index in [1.807, 2.05) is 0 Å². The predicted octanol–water partition coefficient (Wildman–Crippen LogP) is 3.17. The van der Waals surface area contributed by atoms with Crippen LogP contribution in [0.4, 0.5) is 18.0 Å². The van der Waals surface area contributed by atoms with Crippen LogP contribution in [0.15, 0.2) is 24.3 Å². The summed E-state index contributed by atoms with van der Waals surface area (Å²) in [7, 11) is 0. The first-order chi connectivity index (χ1) is 13.5. The summed E-state index contributed by atoms with van der Waals surface area (Å²) in [5, 5.41) is 5.27. The van der Waals surface area contributed by atoms with E-state index in [1.54, 1.807) is 0 Å². The van der Waals surface area contributed by atoms with Crippen LogP contribution in [0, 0.1) is 5.92 Å². The average Bonchev–Trinajstić information content (AvgIpc) is 2.87. The lowest BCUT2D eigenvalue weighted by atomic mass is 9.87. The molecule has 1 heterocycles. The summed E-state index contributed by atoms with van der Waals surface area (Å²) in [5.41, 5.74) is -2.57. The molecule has 0 unspecified atom stereocenters. The third-order valence-electron chi connectivity index (χ3n) is 5.72. The fourth-order valence-corrected chi connectivity index (χ4v) is 3.86. The minimum atomic E-state index is -4.57. The Balaban J connectivity index is 1.71. The summed E-state index contributed by atoms with van der Waals surface area (Å²) in [5.74, 6) is -0.599. The number of benzene rings is 1. The Bertz CT molecular complexity index is 819. The number of halogens is 3. The summed E-state index contributed by atoms with van der Waals surface area (Å²) in [4.78, 5) is 38.3. The van der Waals surface area contributed by atoms with E-state index in [0.717, 1.165) is 42.7 Å². The molecule has 0 radical (unpaired) electrons. The van der Waals surface area contributed by atoms with Gasteiger partial charge in [-0.3, -0.25) is 14.5 Å². The van der Waals surface area contributed by atoms with Gasteiger partial charge in [-0.05, 0) is 56.2 Å². The van der Waals surface area contributed by atoms with Crippen molar-refractivity contribution >= 4 is 17.8 Å². The van der Waals surface area contributed by atoms with Crippen LogP contribution >= 0.6 is 0 Å². The monoisotopic (exact) mass is 411 g/mol. The molecule has 29 heavy (non-hydrogen) atoms. The lowest BCUT2D eigenvalue weighted by Gasteiger charge is -2.27. The quantitative estimate of drug-likeness (QED) is 0.747. The van der Waals surface area contributed by atoms with Crippen LogP contribution in [0.3, 0.4) is 0 Å². The smallest absolute Gasteiger partial charge is 0.352 e. The number of imide groups is 1. The van der Waals surface area contributed by atoms with E-state index in [9.17, 15) is 27.6 Å². The highest BCUT2D eigenvalue weighted by Crippen LogP contribution is 2.34. The van der Waals surface area contributed by atoms with E-state index in [4.69, 9.17) is 0 Å². The Morgan fingerprint density at radius 3 is 2.52 bits per heavy atom. The van der Waals surface area contributed by atoms with Crippen molar-refractivity contribution in [1.82, 2.24) is 15.5 Å². The van der Waals surface area contributed by atoms with Gasteiger partial charge in [-0.2, -0.15) is 13.2 Å². The number of hydrogen-bond acceptors (Lipinski definition) is 3. The van der Waals surface area contributed by atoms with Crippen LogP contribution in [-0.4, -0.2) is 35.3 Å². The second kappa shape index (κ2) is 7.68. The van der Waals surface area contributed by atoms with Gasteiger partial charge in [0.05, 0.1) is 5.56 Å². The van der Waals surface area contributed by atoms with E-state index >= 15 is 0 Å². The zero-order chi connectivity index (χ0) is 21.4. The number of urea groups is 1. The average molecular weight is 411 g/mol. The number of nitrogens with one attached hydrogen (secondary N) is 2. The Morgan fingerprint density at radius 1 is 1.24 bits per heavy atom. The van der Waals surface area contributed by atoms with Gasteiger partial charge in [0.1, 0.15) is 12.1 Å². The third kappa shape index (κ3) is 4.38. The molecule has 6 nitrogen and oxygen atoms in total. The number of carbonyl (C=O) groups is 3. The van der Waals surface area contributed by atoms with Crippen LogP contribution in [0.1, 0.15) is 50.7 Å². The molecule has 1 aromatic carbocycles. The van der Waals surface area contributed by atoms with Gasteiger partial charge in [0, 0.05) is 6.04 Å². The van der Waals surface area contributed by atoms with E-state index in [0.29, 0.717) is 5.92 Å². The fourth-order valence-electron chi connectivity index (χ4n) is 3.86. The van der Waals surface area contributed by atoms with Gasteiger partial charge in [0.25, 0.3) is 5.91 Å². The molecule has 158 valence electrons. The van der Waals surface area contributed by atoms with Crippen molar-refractivity contribution in [3.05, 3.63) is 35.4 Å². The Hall–Kier alpha value is -2.58. The highest BCUT2D eigenvalue weighted by atomic mass is 19.4. The van der Waals surface area contributed by atoms with Crippen molar-refractivity contribution in [2.75, 3.05) is 6.54 Å². The molecule has 2 aliphatic rings. The summed E-state index contributed by atoms with van der Waals surface area (Å²) < 4.78 is 39.0. The summed E-state index contributed by atoms with van der Waals surface area (Å²) in [6, 6.07) is 3.47. The highest BCUT2D eigenvalue weighted by molar-refractivity contribution is 6.09. The molecular formula is C20H24F3N3O3. The molecule has 0 aromatic heterocycles. The Morgan fingerprint density at radius 2 is 1.90 bits per heavy atom. The third-order valence-corrected chi connectivity index (χ3v) is 5.72. The maximum Gasteiger partial charge on any atom is 0.416 e. The number of hydrogen-bond donors (Lipinski definition) is 2. The first kappa shape index (κ1) is 21.1. The predicted molar refractivity (Wildman–Crippen MR) is 98.6 cm³/mol. The summed E-state index contributed by atoms with van der Waals surface area (Å²) in [6.45, 7) is 3.02. The fraction of sp³-hybridized carbons (Fsp3) is 0.550. The molecule has 2 fully saturated rings. The summed E-state index contributed by atoms with van der Waals surface area (Å²) in [6.07, 6.45) is -0.886. The molecule has 1 atom stereocenters. The molecule has 4 amide bonds. The van der Waals surface area contributed by atoms with Gasteiger partial charge < -0.3 is 10.6 Å². The normalized spacial score (nSPS) is 27.7. The van der Waals surface area contributed by atoms with Crippen molar-refractivity contribution in [3.63, 3.8) is 0 Å². The number of rotatable bonds is 4. The number of nitrogens with zero attached hydrogens (tertiary/aromatic N) is 1. The molecule has 0 bridgehead atoms. The van der Waals surface area contributed by atoms with Gasteiger partial charge in [-0.1, -0.05) is 19.1 Å². The molecule has 3 rings (SSSR count). The topological polar surface area (TPSA) is 78.5 Å². The maximum absolute atomic E-state index is 13.0. The van der Waals surface area contributed by atoms with Crippen LogP contribution in [0.2, 0.25) is 0 Å². The number of amides is 4. The number of carbonyl (C=O) groups excluding carboxylic acids is 3. The molecule has 1 saturated carbocycles. The lowest BCUT2D eigenvalue weighted by Crippen LogP contribution is -2.46. The van der Waals surface area contributed by atoms with Gasteiger partial charge in [0.2, 0.25) is 5.91 Å². The van der Waals surface area contributed by atoms with Crippen molar-refractivity contribution in [2.24, 2.45) is 5.92 Å². The van der Waals surface area contributed by atoms with Crippen LogP contribution in [0.5, 0.6) is 0 Å². The molecular weight excluding hydrogens is 387 g/mol. The maximum atomic E-state index is 13.0. The van der Waals surface area contributed by atoms with Gasteiger partial charge in [-0.25, -0.2) is 4.79 Å². The Kier molecular flexibility index (Phi) is 5.60. The van der Waals surface area contributed by atoms with Crippen LogP contribution in [-0.2, 0) is 21.3 Å². The zero-order valence-corrected chi connectivity index (χ0v) is 16.3. The first-order valence-electron chi connectivity index (χ1n) is 9.62. The molecule has 1 aromatic rings. The minimum absolute atomic E-state index is 0.00863. The van der Waals surface area contributed by atoms with Gasteiger partial charge in [0.15, 0.2) is 0 Å². The van der Waals surface area contributed by atoms with Crippen LogP contribution < -0.4 is 10.6 Å². The van der Waals surface area contributed by atoms with Crippen molar-refractivity contribution < 1.29 is 27.6 Å². The lowest BCUT2D eigenvalue weighted by molar-refractivity contribution is -0.138. The number of alkyl halides is 3. The second-order valence-corrected chi connectivity index (χ2v) is 8.05. The van der Waals surface area contributed by atoms with Gasteiger partial charge in [-0.15, -0.1) is 0 Å². The Labute approximate surface area is 166 Å². The van der Waals surface area contributed by atoms with E-state index in [2.05, 4.69) is 17.6 Å². The van der Waals surface area contributed by atoms with Crippen LogP contribution in [0.25, 0.3) is 0 Å². The van der Waals surface area contributed by atoms with Crippen molar-refractivity contribution in [1.29, 1.82) is 0 Å². The summed E-state index contributed by atoms with van der Waals surface area (Å²) >= 11 is 0. The molecule has 2 N–H and O–H groups in total. The largest absolute Gasteiger partial charge is 0.416 e. The van der Waals surface area contributed by atoms with Crippen molar-refractivity contribution in [2.45, 2.75) is 57.3 Å². The van der Waals surface area contributed by atoms with E-state index in [1.165, 1.54) is 19.1 Å². The van der Waals surface area contributed by atoms with E-state index in [-0.39, 0.29) is 11.6 Å². The highest BCUT2D eigenvalue weighted by Gasteiger charge is 2.50. The molecule has 9 heteroatoms. The second-order valence-electron chi connectivity index (χ2n) is 8.05. The zero-order valence-electron chi connectivity index (χ0n) is 16.3. The minimum Gasteiger partial charge on any atom is -0.352 e. The molecule has 0 spiro atoms. The standard InChI is InChI=1S/C20H24F3N3O3/c1-12-6-8-15(9-7-12)24-16(27)11-26-17(28)19(2,25-18(26)29)13-4-3-5-14(10-13)20(21,22)23/h3-5,10,12,15H,6-9,11H2,1-2H3,(H,24,27)(H,25,29)/t12?,15?,19-/m0/s1. The van der Waals surface area contributed by atoms with E-state index < -0.39 is 41.7 Å². The molecule has 1 aliphatic carbocycles. The SMILES string of the molecule is CC1CCC(NC(=O)CN2C(=O)N[C@@](C)(c3cccc(C(F)(F)F)c3)C2=O)CC1. The first-order valence-corrected chi connectivity index (χ1v) is 9.62. The molecule has 1 saturated heterocycles. The molecule has 1 aliphatic heterocycles. The van der Waals surface area contributed by atoms with Gasteiger partial charge >= 0.3 is 12.2 Å².